The van der Waals surface area contributed by atoms with Gasteiger partial charge in [0.2, 0.25) is 0 Å². The standard InChI is InChI=1S/C18H17FO2/c1-12(13-6-3-2-4-7-13)21-17-9-5-8-16(19)18(17)14-10-15(20)11-14/h2-9,12,14H,10-11H2,1H3. The lowest BCUT2D eigenvalue weighted by Gasteiger charge is -2.28. The number of benzene rings is 2. The van der Waals surface area contributed by atoms with Crippen molar-refractivity contribution in [1.82, 2.24) is 0 Å². The molecule has 0 spiro atoms. The number of halogens is 1. The van der Waals surface area contributed by atoms with Crippen molar-refractivity contribution in [2.75, 3.05) is 0 Å². The maximum absolute atomic E-state index is 14.1. The first-order valence-electron chi connectivity index (χ1n) is 7.17. The van der Waals surface area contributed by atoms with Crippen molar-refractivity contribution in [1.29, 1.82) is 0 Å². The SMILES string of the molecule is CC(Oc1cccc(F)c1C1CC(=O)C1)c1ccccc1. The van der Waals surface area contributed by atoms with Crippen LogP contribution in [0.1, 0.15) is 42.9 Å². The second-order valence-corrected chi connectivity index (χ2v) is 5.47. The summed E-state index contributed by atoms with van der Waals surface area (Å²) < 4.78 is 20.1. The first-order chi connectivity index (χ1) is 10.1. The zero-order valence-corrected chi connectivity index (χ0v) is 11.9. The van der Waals surface area contributed by atoms with Gasteiger partial charge < -0.3 is 4.74 Å². The highest BCUT2D eigenvalue weighted by Gasteiger charge is 2.32. The molecule has 2 aromatic carbocycles. The highest BCUT2D eigenvalue weighted by atomic mass is 19.1. The van der Waals surface area contributed by atoms with Gasteiger partial charge in [0, 0.05) is 24.3 Å². The molecule has 108 valence electrons. The normalized spacial score (nSPS) is 16.4. The summed E-state index contributed by atoms with van der Waals surface area (Å²) in [5.41, 5.74) is 1.58. The Morgan fingerprint density at radius 2 is 1.81 bits per heavy atom. The van der Waals surface area contributed by atoms with E-state index in [0.717, 1.165) is 5.56 Å². The zero-order valence-electron chi connectivity index (χ0n) is 11.9. The summed E-state index contributed by atoms with van der Waals surface area (Å²) in [5, 5.41) is 0. The van der Waals surface area contributed by atoms with E-state index in [2.05, 4.69) is 0 Å². The Balaban J connectivity index is 1.85. The number of rotatable bonds is 4. The summed E-state index contributed by atoms with van der Waals surface area (Å²) in [6, 6.07) is 14.7. The number of ketones is 1. The number of carbonyl (C=O) groups excluding carboxylic acids is 1. The Morgan fingerprint density at radius 1 is 1.10 bits per heavy atom. The van der Waals surface area contributed by atoms with Gasteiger partial charge >= 0.3 is 0 Å². The van der Waals surface area contributed by atoms with Gasteiger partial charge in [0.05, 0.1) is 0 Å². The zero-order chi connectivity index (χ0) is 14.8. The molecular formula is C18H17FO2. The van der Waals surface area contributed by atoms with Crippen LogP contribution in [0.3, 0.4) is 0 Å². The molecule has 0 saturated heterocycles. The Labute approximate surface area is 123 Å². The molecule has 0 aromatic heterocycles. The Kier molecular flexibility index (Phi) is 3.74. The van der Waals surface area contributed by atoms with Crippen molar-refractivity contribution in [2.24, 2.45) is 0 Å². The predicted octanol–water partition coefficient (Wildman–Crippen LogP) is 4.41. The topological polar surface area (TPSA) is 26.3 Å². The minimum Gasteiger partial charge on any atom is -0.486 e. The van der Waals surface area contributed by atoms with Gasteiger partial charge in [0.15, 0.2) is 0 Å². The van der Waals surface area contributed by atoms with E-state index < -0.39 is 0 Å². The van der Waals surface area contributed by atoms with Crippen LogP contribution in [-0.4, -0.2) is 5.78 Å². The lowest BCUT2D eigenvalue weighted by Crippen LogP contribution is -2.23. The Morgan fingerprint density at radius 3 is 2.48 bits per heavy atom. The number of hydrogen-bond acceptors (Lipinski definition) is 2. The van der Waals surface area contributed by atoms with Gasteiger partial charge in [-0.15, -0.1) is 0 Å². The summed E-state index contributed by atoms with van der Waals surface area (Å²) in [6.45, 7) is 1.94. The van der Waals surface area contributed by atoms with E-state index in [9.17, 15) is 9.18 Å². The molecule has 0 heterocycles. The summed E-state index contributed by atoms with van der Waals surface area (Å²) in [7, 11) is 0. The molecular weight excluding hydrogens is 267 g/mol. The third-order valence-corrected chi connectivity index (χ3v) is 3.94. The smallest absolute Gasteiger partial charge is 0.134 e. The van der Waals surface area contributed by atoms with Crippen LogP contribution in [0.4, 0.5) is 4.39 Å². The van der Waals surface area contributed by atoms with E-state index in [1.54, 1.807) is 12.1 Å². The molecule has 3 rings (SSSR count). The predicted molar refractivity (Wildman–Crippen MR) is 78.9 cm³/mol. The van der Waals surface area contributed by atoms with E-state index in [0.29, 0.717) is 24.2 Å². The number of hydrogen-bond donors (Lipinski definition) is 0. The van der Waals surface area contributed by atoms with E-state index in [4.69, 9.17) is 4.74 Å². The number of carbonyl (C=O) groups is 1. The maximum atomic E-state index is 14.1. The molecule has 21 heavy (non-hydrogen) atoms. The van der Waals surface area contributed by atoms with E-state index in [1.165, 1.54) is 6.07 Å². The fourth-order valence-electron chi connectivity index (χ4n) is 2.69. The minimum atomic E-state index is -0.287. The molecule has 2 nitrogen and oxygen atoms in total. The quantitative estimate of drug-likeness (QED) is 0.831. The van der Waals surface area contributed by atoms with Crippen LogP contribution >= 0.6 is 0 Å². The molecule has 0 amide bonds. The highest BCUT2D eigenvalue weighted by Crippen LogP contribution is 2.41. The molecule has 1 saturated carbocycles. The molecule has 2 aromatic rings. The van der Waals surface area contributed by atoms with Crippen molar-refractivity contribution in [3.8, 4) is 5.75 Å². The van der Waals surface area contributed by atoms with Crippen LogP contribution in [0.15, 0.2) is 48.5 Å². The molecule has 1 fully saturated rings. The van der Waals surface area contributed by atoms with Crippen LogP contribution in [0.25, 0.3) is 0 Å². The van der Waals surface area contributed by atoms with Crippen LogP contribution in [0.2, 0.25) is 0 Å². The van der Waals surface area contributed by atoms with Crippen LogP contribution in [-0.2, 0) is 4.79 Å². The molecule has 0 bridgehead atoms. The minimum absolute atomic E-state index is 0.0447. The van der Waals surface area contributed by atoms with Crippen molar-refractivity contribution in [3.63, 3.8) is 0 Å². The third kappa shape index (κ3) is 2.82. The lowest BCUT2D eigenvalue weighted by atomic mass is 9.78. The molecule has 3 heteroatoms. The van der Waals surface area contributed by atoms with Crippen LogP contribution in [0.5, 0.6) is 5.75 Å². The van der Waals surface area contributed by atoms with Crippen LogP contribution in [0, 0.1) is 5.82 Å². The highest BCUT2D eigenvalue weighted by molar-refractivity contribution is 5.86. The summed E-state index contributed by atoms with van der Waals surface area (Å²) in [5.74, 6) is 0.399. The second-order valence-electron chi connectivity index (χ2n) is 5.47. The van der Waals surface area contributed by atoms with Gasteiger partial charge in [-0.05, 0) is 24.6 Å². The lowest BCUT2D eigenvalue weighted by molar-refractivity contribution is -0.124. The third-order valence-electron chi connectivity index (χ3n) is 3.94. The van der Waals surface area contributed by atoms with Gasteiger partial charge in [-0.3, -0.25) is 4.79 Å². The van der Waals surface area contributed by atoms with Crippen molar-refractivity contribution in [2.45, 2.75) is 31.8 Å². The van der Waals surface area contributed by atoms with Crippen molar-refractivity contribution in [3.05, 3.63) is 65.5 Å². The van der Waals surface area contributed by atoms with Gasteiger partial charge in [0.25, 0.3) is 0 Å². The summed E-state index contributed by atoms with van der Waals surface area (Å²) in [4.78, 5) is 11.2. The largest absolute Gasteiger partial charge is 0.486 e. The first kappa shape index (κ1) is 13.8. The Hall–Kier alpha value is -2.16. The molecule has 1 atom stereocenters. The molecule has 1 aliphatic carbocycles. The van der Waals surface area contributed by atoms with Gasteiger partial charge in [0.1, 0.15) is 23.5 Å². The monoisotopic (exact) mass is 284 g/mol. The molecule has 1 aliphatic rings. The molecule has 1 unspecified atom stereocenters. The van der Waals surface area contributed by atoms with Crippen molar-refractivity contribution < 1.29 is 13.9 Å². The molecule has 0 N–H and O–H groups in total. The average molecular weight is 284 g/mol. The van der Waals surface area contributed by atoms with E-state index in [-0.39, 0.29) is 23.6 Å². The summed E-state index contributed by atoms with van der Waals surface area (Å²) >= 11 is 0. The van der Waals surface area contributed by atoms with Gasteiger partial charge in [-0.2, -0.15) is 0 Å². The first-order valence-corrected chi connectivity index (χ1v) is 7.17. The molecule has 0 radical (unpaired) electrons. The fraction of sp³-hybridized carbons (Fsp3) is 0.278. The molecule has 0 aliphatic heterocycles. The summed E-state index contributed by atoms with van der Waals surface area (Å²) in [6.07, 6.45) is 0.663. The average Bonchev–Trinajstić information content (AvgIpc) is 2.46. The van der Waals surface area contributed by atoms with E-state index >= 15 is 0 Å². The fourth-order valence-corrected chi connectivity index (χ4v) is 2.69. The second kappa shape index (κ2) is 5.68. The van der Waals surface area contributed by atoms with Crippen molar-refractivity contribution >= 4 is 5.78 Å². The van der Waals surface area contributed by atoms with E-state index in [1.807, 2.05) is 37.3 Å². The number of Topliss-reactive ketones (excluding diaryl/α,β-unsaturated/α-hetero) is 1. The van der Waals surface area contributed by atoms with Gasteiger partial charge in [-0.1, -0.05) is 36.4 Å². The van der Waals surface area contributed by atoms with Gasteiger partial charge in [-0.25, -0.2) is 4.39 Å². The number of ether oxygens (including phenoxy) is 1. The Bertz CT molecular complexity index is 644. The maximum Gasteiger partial charge on any atom is 0.134 e. The van der Waals surface area contributed by atoms with Crippen LogP contribution < -0.4 is 4.74 Å².